The fourth-order valence-corrected chi connectivity index (χ4v) is 4.66. The molecule has 1 N–H and O–H groups in total. The van der Waals surface area contributed by atoms with E-state index in [9.17, 15) is 14.4 Å². The molecular formula is C26H29F2N7O6. The lowest BCUT2D eigenvalue weighted by Gasteiger charge is -2.36. The van der Waals surface area contributed by atoms with E-state index < -0.39 is 29.8 Å². The van der Waals surface area contributed by atoms with Crippen LogP contribution in [0.15, 0.2) is 36.8 Å². The number of rotatable bonds is 8. The number of aromatic nitrogens is 3. The summed E-state index contributed by atoms with van der Waals surface area (Å²) in [4.78, 5) is 49.4. The van der Waals surface area contributed by atoms with Crippen LogP contribution in [0, 0.1) is 11.6 Å². The van der Waals surface area contributed by atoms with Gasteiger partial charge in [0, 0.05) is 57.0 Å². The van der Waals surface area contributed by atoms with Gasteiger partial charge in [-0.15, -0.1) is 0 Å². The molecule has 1 atom stereocenters. The van der Waals surface area contributed by atoms with Crippen molar-refractivity contribution in [2.75, 3.05) is 69.0 Å². The third kappa shape index (κ3) is 6.45. The standard InChI is InChI=1S/C26H29F2N7O6/c1-2-39-26(38)40-15-18-13-35(16-41-18)17-10-19(27)23(20(28)11-17)33-8-6-32(7-9-33)22(36)12-30-24(37)21-14-34-5-3-4-29-25(34)31-21/h3-5,10-11,14,18H,2,6-9,12-13,15-16H2,1H3,(H,30,37). The Morgan fingerprint density at radius 2 is 1.85 bits per heavy atom. The third-order valence-electron chi connectivity index (χ3n) is 6.72. The number of hydrogen-bond donors (Lipinski definition) is 1. The molecule has 218 valence electrons. The summed E-state index contributed by atoms with van der Waals surface area (Å²) < 4.78 is 47.0. The molecule has 41 heavy (non-hydrogen) atoms. The Balaban J connectivity index is 1.11. The van der Waals surface area contributed by atoms with Gasteiger partial charge in [-0.05, 0) is 25.1 Å². The van der Waals surface area contributed by atoms with Crippen LogP contribution in [0.3, 0.4) is 0 Å². The molecule has 2 saturated heterocycles. The highest BCUT2D eigenvalue weighted by Crippen LogP contribution is 2.31. The van der Waals surface area contributed by atoms with E-state index in [0.29, 0.717) is 11.5 Å². The zero-order valence-corrected chi connectivity index (χ0v) is 22.3. The number of benzene rings is 1. The van der Waals surface area contributed by atoms with E-state index in [1.807, 2.05) is 0 Å². The number of hydrogen-bond acceptors (Lipinski definition) is 10. The minimum atomic E-state index is -0.802. The second-order valence-corrected chi connectivity index (χ2v) is 9.40. The van der Waals surface area contributed by atoms with Crippen LogP contribution >= 0.6 is 0 Å². The first-order chi connectivity index (χ1) is 19.8. The average molecular weight is 574 g/mol. The van der Waals surface area contributed by atoms with E-state index in [2.05, 4.69) is 15.3 Å². The molecule has 2 aromatic heterocycles. The summed E-state index contributed by atoms with van der Waals surface area (Å²) in [6, 6.07) is 4.17. The maximum absolute atomic E-state index is 15.1. The number of ether oxygens (including phenoxy) is 3. The number of fused-ring (bicyclic) bond motifs is 1. The molecule has 0 bridgehead atoms. The van der Waals surface area contributed by atoms with E-state index in [4.69, 9.17) is 14.2 Å². The second-order valence-electron chi connectivity index (χ2n) is 9.40. The van der Waals surface area contributed by atoms with Gasteiger partial charge in [-0.2, -0.15) is 0 Å². The summed E-state index contributed by atoms with van der Waals surface area (Å²) in [6.45, 7) is 2.83. The fraction of sp³-hybridized carbons (Fsp3) is 0.423. The number of imidazole rings is 1. The highest BCUT2D eigenvalue weighted by molar-refractivity contribution is 5.95. The van der Waals surface area contributed by atoms with Crippen LogP contribution < -0.4 is 15.1 Å². The molecule has 0 radical (unpaired) electrons. The highest BCUT2D eigenvalue weighted by atomic mass is 19.1. The van der Waals surface area contributed by atoms with Crippen molar-refractivity contribution in [2.24, 2.45) is 0 Å². The van der Waals surface area contributed by atoms with Gasteiger partial charge in [0.2, 0.25) is 11.7 Å². The van der Waals surface area contributed by atoms with Gasteiger partial charge < -0.3 is 34.2 Å². The SMILES string of the molecule is CCOC(=O)OCC1CN(c2cc(F)c(N3CCN(C(=O)CNC(=O)c4cn5cccnc5n4)CC3)c(F)c2)CO1. The molecule has 0 saturated carbocycles. The Morgan fingerprint density at radius 1 is 1.10 bits per heavy atom. The van der Waals surface area contributed by atoms with E-state index >= 15 is 8.78 Å². The van der Waals surface area contributed by atoms with Gasteiger partial charge >= 0.3 is 6.16 Å². The minimum absolute atomic E-state index is 0.0386. The Morgan fingerprint density at radius 3 is 2.56 bits per heavy atom. The second kappa shape index (κ2) is 12.3. The van der Waals surface area contributed by atoms with Crippen LogP contribution in [0.1, 0.15) is 17.4 Å². The van der Waals surface area contributed by atoms with Crippen LogP contribution in [-0.2, 0) is 19.0 Å². The maximum Gasteiger partial charge on any atom is 0.508 e. The molecule has 2 aliphatic rings. The van der Waals surface area contributed by atoms with Crippen LogP contribution in [0.2, 0.25) is 0 Å². The number of nitrogens with zero attached hydrogens (tertiary/aromatic N) is 6. The summed E-state index contributed by atoms with van der Waals surface area (Å²) in [7, 11) is 0. The first kappa shape index (κ1) is 28.0. The van der Waals surface area contributed by atoms with Gasteiger partial charge in [-0.3, -0.25) is 14.0 Å². The van der Waals surface area contributed by atoms with Crippen molar-refractivity contribution in [3.63, 3.8) is 0 Å². The smallest absolute Gasteiger partial charge is 0.435 e. The number of amides is 2. The largest absolute Gasteiger partial charge is 0.508 e. The van der Waals surface area contributed by atoms with Crippen molar-refractivity contribution in [1.29, 1.82) is 0 Å². The van der Waals surface area contributed by atoms with Gasteiger partial charge in [0.15, 0.2) is 11.6 Å². The molecule has 0 aliphatic carbocycles. The van der Waals surface area contributed by atoms with Crippen LogP contribution in [0.5, 0.6) is 0 Å². The number of nitrogens with one attached hydrogen (secondary N) is 1. The monoisotopic (exact) mass is 573 g/mol. The first-order valence-electron chi connectivity index (χ1n) is 13.1. The molecule has 1 unspecified atom stereocenters. The topological polar surface area (TPSA) is 131 Å². The summed E-state index contributed by atoms with van der Waals surface area (Å²) in [5.41, 5.74) is 0.266. The van der Waals surface area contributed by atoms with Crippen molar-refractivity contribution in [1.82, 2.24) is 24.6 Å². The Labute approximate surface area is 233 Å². The predicted octanol–water partition coefficient (Wildman–Crippen LogP) is 1.42. The number of piperazine rings is 1. The molecule has 0 spiro atoms. The molecule has 2 aliphatic heterocycles. The number of halogens is 2. The molecule has 5 rings (SSSR count). The summed E-state index contributed by atoms with van der Waals surface area (Å²) in [6.07, 6.45) is 3.52. The molecular weight excluding hydrogens is 544 g/mol. The van der Waals surface area contributed by atoms with Crippen molar-refractivity contribution in [3.05, 3.63) is 54.1 Å². The van der Waals surface area contributed by atoms with Gasteiger partial charge in [-0.1, -0.05) is 0 Å². The molecule has 1 aromatic carbocycles. The normalized spacial score (nSPS) is 17.1. The summed E-state index contributed by atoms with van der Waals surface area (Å²) >= 11 is 0. The van der Waals surface area contributed by atoms with Crippen molar-refractivity contribution in [3.8, 4) is 0 Å². The molecule has 3 aromatic rings. The number of carbonyl (C=O) groups is 3. The van der Waals surface area contributed by atoms with Gasteiger partial charge in [0.05, 0.1) is 13.2 Å². The fourth-order valence-electron chi connectivity index (χ4n) is 4.66. The van der Waals surface area contributed by atoms with E-state index in [1.165, 1.54) is 23.2 Å². The van der Waals surface area contributed by atoms with E-state index in [1.54, 1.807) is 39.6 Å². The molecule has 13 nitrogen and oxygen atoms in total. The lowest BCUT2D eigenvalue weighted by atomic mass is 10.2. The van der Waals surface area contributed by atoms with Crippen molar-refractivity contribution >= 4 is 35.1 Å². The average Bonchev–Trinajstić information content (AvgIpc) is 3.62. The number of carbonyl (C=O) groups excluding carboxylic acids is 3. The highest BCUT2D eigenvalue weighted by Gasteiger charge is 2.29. The summed E-state index contributed by atoms with van der Waals surface area (Å²) in [5, 5.41) is 2.56. The van der Waals surface area contributed by atoms with E-state index in [0.717, 1.165) is 0 Å². The lowest BCUT2D eigenvalue weighted by Crippen LogP contribution is -2.51. The van der Waals surface area contributed by atoms with Gasteiger partial charge in [0.25, 0.3) is 5.91 Å². The molecule has 15 heteroatoms. The van der Waals surface area contributed by atoms with Crippen LogP contribution in [0.25, 0.3) is 5.78 Å². The first-order valence-corrected chi connectivity index (χ1v) is 13.1. The van der Waals surface area contributed by atoms with Crippen molar-refractivity contribution in [2.45, 2.75) is 13.0 Å². The van der Waals surface area contributed by atoms with Crippen LogP contribution in [-0.4, -0.2) is 103 Å². The lowest BCUT2D eigenvalue weighted by molar-refractivity contribution is -0.130. The summed E-state index contributed by atoms with van der Waals surface area (Å²) in [5.74, 6) is -1.92. The van der Waals surface area contributed by atoms with Crippen LogP contribution in [0.4, 0.5) is 25.0 Å². The maximum atomic E-state index is 15.1. The Bertz CT molecular complexity index is 1370. The zero-order valence-electron chi connectivity index (χ0n) is 22.3. The minimum Gasteiger partial charge on any atom is -0.435 e. The third-order valence-corrected chi connectivity index (χ3v) is 6.72. The zero-order chi connectivity index (χ0) is 28.9. The Hall–Kier alpha value is -4.53. The number of anilines is 2. The predicted molar refractivity (Wildman–Crippen MR) is 141 cm³/mol. The quantitative estimate of drug-likeness (QED) is 0.395. The van der Waals surface area contributed by atoms with E-state index in [-0.39, 0.29) is 76.5 Å². The molecule has 2 amide bonds. The Kier molecular flexibility index (Phi) is 8.42. The molecule has 2 fully saturated rings. The molecule has 4 heterocycles. The van der Waals surface area contributed by atoms with Gasteiger partial charge in [-0.25, -0.2) is 23.5 Å². The van der Waals surface area contributed by atoms with Gasteiger partial charge in [0.1, 0.15) is 30.8 Å². The van der Waals surface area contributed by atoms with Crippen molar-refractivity contribution < 1.29 is 37.4 Å².